The summed E-state index contributed by atoms with van der Waals surface area (Å²) in [6.07, 6.45) is 0.130. The molecule has 1 heterocycles. The van der Waals surface area contributed by atoms with Crippen LogP contribution in [0.5, 0.6) is 0 Å². The van der Waals surface area contributed by atoms with Gasteiger partial charge in [0, 0.05) is 30.5 Å². The van der Waals surface area contributed by atoms with Crippen LogP contribution in [0, 0.1) is 5.92 Å². The number of anilines is 1. The molecule has 1 aromatic rings. The quantitative estimate of drug-likeness (QED) is 0.811. The molecule has 0 spiro atoms. The topological polar surface area (TPSA) is 58.6 Å². The Morgan fingerprint density at radius 1 is 1.43 bits per heavy atom. The number of ether oxygens (including phenoxy) is 1. The fraction of sp³-hybridized carbons (Fsp3) is 0.529. The molecule has 0 radical (unpaired) electrons. The van der Waals surface area contributed by atoms with Gasteiger partial charge in [-0.2, -0.15) is 0 Å². The van der Waals surface area contributed by atoms with Gasteiger partial charge in [0.15, 0.2) is 0 Å². The minimum Gasteiger partial charge on any atom is -0.444 e. The Hall–Kier alpha value is -1.56. The molecule has 1 saturated heterocycles. The fourth-order valence-corrected chi connectivity index (χ4v) is 2.89. The zero-order valence-electron chi connectivity index (χ0n) is 13.8. The van der Waals surface area contributed by atoms with Gasteiger partial charge in [0.2, 0.25) is 5.91 Å². The van der Waals surface area contributed by atoms with Crippen molar-refractivity contribution in [3.05, 3.63) is 29.8 Å². The second-order valence-corrected chi connectivity index (χ2v) is 7.40. The summed E-state index contributed by atoms with van der Waals surface area (Å²) < 4.78 is 5.22. The van der Waals surface area contributed by atoms with Crippen LogP contribution in [-0.4, -0.2) is 29.5 Å². The van der Waals surface area contributed by atoms with E-state index in [2.05, 4.69) is 21.2 Å². The van der Waals surface area contributed by atoms with E-state index in [0.717, 1.165) is 23.1 Å². The van der Waals surface area contributed by atoms with Crippen LogP contribution in [-0.2, 0) is 16.1 Å². The summed E-state index contributed by atoms with van der Waals surface area (Å²) in [5.74, 6) is 0.498. The number of rotatable bonds is 4. The summed E-state index contributed by atoms with van der Waals surface area (Å²) in [7, 11) is 0. The number of nitrogens with one attached hydrogen (secondary N) is 1. The number of carbonyl (C=O) groups excluding carboxylic acids is 2. The van der Waals surface area contributed by atoms with E-state index < -0.39 is 11.7 Å². The van der Waals surface area contributed by atoms with Gasteiger partial charge in [-0.1, -0.05) is 28.1 Å². The molecule has 1 aliphatic rings. The molecule has 2 rings (SSSR count). The summed E-state index contributed by atoms with van der Waals surface area (Å²) in [6, 6.07) is 7.68. The average Bonchev–Trinajstić information content (AvgIpc) is 2.85. The molecule has 1 aromatic carbocycles. The largest absolute Gasteiger partial charge is 0.444 e. The first-order chi connectivity index (χ1) is 10.8. The normalized spacial score (nSPS) is 18.2. The standard InChI is InChI=1S/C17H23BrN2O3/c1-17(2,3)23-16(22)19-10-12-5-4-6-14(7-12)20-11-13(9-18)8-15(20)21/h4-7,13H,8-11H2,1-3H3,(H,19,22). The maximum Gasteiger partial charge on any atom is 0.407 e. The molecule has 5 nitrogen and oxygen atoms in total. The van der Waals surface area contributed by atoms with Crippen molar-refractivity contribution in [3.63, 3.8) is 0 Å². The Labute approximate surface area is 145 Å². The molecule has 6 heteroatoms. The SMILES string of the molecule is CC(C)(C)OC(=O)NCc1cccc(N2CC(CBr)CC2=O)c1. The molecule has 1 N–H and O–H groups in total. The number of halogens is 1. The molecule has 0 aromatic heterocycles. The van der Waals surface area contributed by atoms with Gasteiger partial charge in [0.1, 0.15) is 5.60 Å². The molecule has 1 atom stereocenters. The predicted molar refractivity (Wildman–Crippen MR) is 93.8 cm³/mol. The first kappa shape index (κ1) is 17.8. The minimum absolute atomic E-state index is 0.145. The zero-order valence-corrected chi connectivity index (χ0v) is 15.4. The molecule has 0 aliphatic carbocycles. The minimum atomic E-state index is -0.515. The molecule has 1 aliphatic heterocycles. The van der Waals surface area contributed by atoms with Gasteiger partial charge < -0.3 is 15.0 Å². The van der Waals surface area contributed by atoms with E-state index in [1.165, 1.54) is 0 Å². The van der Waals surface area contributed by atoms with Crippen molar-refractivity contribution in [1.82, 2.24) is 5.32 Å². The number of benzene rings is 1. The summed E-state index contributed by atoms with van der Waals surface area (Å²) in [6.45, 7) is 6.57. The molecule has 23 heavy (non-hydrogen) atoms. The summed E-state index contributed by atoms with van der Waals surface area (Å²) in [5, 5.41) is 3.56. The van der Waals surface area contributed by atoms with Crippen LogP contribution in [0.25, 0.3) is 0 Å². The second-order valence-electron chi connectivity index (χ2n) is 6.75. The van der Waals surface area contributed by atoms with Gasteiger partial charge in [-0.3, -0.25) is 4.79 Å². The van der Waals surface area contributed by atoms with E-state index >= 15 is 0 Å². The Bertz CT molecular complexity index is 583. The van der Waals surface area contributed by atoms with Gasteiger partial charge in [-0.15, -0.1) is 0 Å². The average molecular weight is 383 g/mol. The van der Waals surface area contributed by atoms with Crippen molar-refractivity contribution in [2.45, 2.75) is 39.3 Å². The van der Waals surface area contributed by atoms with Crippen molar-refractivity contribution >= 4 is 33.6 Å². The van der Waals surface area contributed by atoms with E-state index in [1.54, 1.807) is 0 Å². The monoisotopic (exact) mass is 382 g/mol. The zero-order chi connectivity index (χ0) is 17.0. The van der Waals surface area contributed by atoms with Crippen LogP contribution in [0.4, 0.5) is 10.5 Å². The number of alkyl carbamates (subject to hydrolysis) is 1. The Kier molecular flexibility index (Phi) is 5.68. The fourth-order valence-electron chi connectivity index (χ4n) is 2.46. The van der Waals surface area contributed by atoms with Gasteiger partial charge in [0.25, 0.3) is 0 Å². The maximum atomic E-state index is 12.1. The van der Waals surface area contributed by atoms with Crippen LogP contribution in [0.15, 0.2) is 24.3 Å². The van der Waals surface area contributed by atoms with E-state index in [1.807, 2.05) is 49.9 Å². The van der Waals surface area contributed by atoms with Crippen molar-refractivity contribution in [2.75, 3.05) is 16.8 Å². The Balaban J connectivity index is 1.98. The second kappa shape index (κ2) is 7.34. The van der Waals surface area contributed by atoms with Gasteiger partial charge in [0.05, 0.1) is 0 Å². The van der Waals surface area contributed by atoms with Crippen LogP contribution in [0.3, 0.4) is 0 Å². The van der Waals surface area contributed by atoms with Crippen molar-refractivity contribution in [2.24, 2.45) is 5.92 Å². The molecule has 2 amide bonds. The third-order valence-corrected chi connectivity index (χ3v) is 4.40. The molecule has 0 bridgehead atoms. The van der Waals surface area contributed by atoms with Crippen LogP contribution >= 0.6 is 15.9 Å². The van der Waals surface area contributed by atoms with Gasteiger partial charge in [-0.25, -0.2) is 4.79 Å². The van der Waals surface area contributed by atoms with Crippen LogP contribution in [0.2, 0.25) is 0 Å². The number of carbonyl (C=O) groups is 2. The van der Waals surface area contributed by atoms with E-state index in [4.69, 9.17) is 4.74 Å². The lowest BCUT2D eigenvalue weighted by molar-refractivity contribution is -0.117. The molecular weight excluding hydrogens is 360 g/mol. The first-order valence-corrected chi connectivity index (χ1v) is 8.83. The Morgan fingerprint density at radius 3 is 2.78 bits per heavy atom. The molecule has 0 saturated carbocycles. The lowest BCUT2D eigenvalue weighted by Crippen LogP contribution is -2.32. The lowest BCUT2D eigenvalue weighted by Gasteiger charge is -2.20. The van der Waals surface area contributed by atoms with Crippen LogP contribution < -0.4 is 10.2 Å². The van der Waals surface area contributed by atoms with Crippen molar-refractivity contribution in [1.29, 1.82) is 0 Å². The van der Waals surface area contributed by atoms with E-state index in [9.17, 15) is 9.59 Å². The molecule has 126 valence electrons. The summed E-state index contributed by atoms with van der Waals surface area (Å²) >= 11 is 3.44. The molecular formula is C17H23BrN2O3. The van der Waals surface area contributed by atoms with Crippen molar-refractivity contribution in [3.8, 4) is 0 Å². The lowest BCUT2D eigenvalue weighted by atomic mass is 10.1. The van der Waals surface area contributed by atoms with E-state index in [0.29, 0.717) is 18.9 Å². The maximum absolute atomic E-state index is 12.1. The summed E-state index contributed by atoms with van der Waals surface area (Å²) in [4.78, 5) is 25.6. The number of amides is 2. The van der Waals surface area contributed by atoms with Gasteiger partial charge in [-0.05, 0) is 44.4 Å². The molecule has 1 fully saturated rings. The molecule has 1 unspecified atom stereocenters. The highest BCUT2D eigenvalue weighted by Gasteiger charge is 2.29. The highest BCUT2D eigenvalue weighted by molar-refractivity contribution is 9.09. The van der Waals surface area contributed by atoms with Gasteiger partial charge >= 0.3 is 6.09 Å². The highest BCUT2D eigenvalue weighted by Crippen LogP contribution is 2.26. The Morgan fingerprint density at radius 2 is 2.17 bits per heavy atom. The van der Waals surface area contributed by atoms with E-state index in [-0.39, 0.29) is 5.91 Å². The third-order valence-electron chi connectivity index (χ3n) is 3.48. The number of nitrogens with zero attached hydrogens (tertiary/aromatic N) is 1. The number of hydrogen-bond donors (Lipinski definition) is 1. The first-order valence-electron chi connectivity index (χ1n) is 7.70. The predicted octanol–water partition coefficient (Wildman–Crippen LogP) is 3.46. The van der Waals surface area contributed by atoms with Crippen LogP contribution in [0.1, 0.15) is 32.8 Å². The van der Waals surface area contributed by atoms with Crippen molar-refractivity contribution < 1.29 is 14.3 Å². The third kappa shape index (κ3) is 5.23. The highest BCUT2D eigenvalue weighted by atomic mass is 79.9. The smallest absolute Gasteiger partial charge is 0.407 e. The summed E-state index contributed by atoms with van der Waals surface area (Å²) in [5.41, 5.74) is 1.30. The number of hydrogen-bond acceptors (Lipinski definition) is 3. The number of alkyl halides is 1.